The summed E-state index contributed by atoms with van der Waals surface area (Å²) in [6.07, 6.45) is 6.14. The number of nitrogens with zero attached hydrogens (tertiary/aromatic N) is 3. The summed E-state index contributed by atoms with van der Waals surface area (Å²) in [6, 6.07) is 5.99. The highest BCUT2D eigenvalue weighted by Gasteiger charge is 2.25. The minimum atomic E-state index is -0.790. The lowest BCUT2D eigenvalue weighted by Crippen LogP contribution is -2.27. The van der Waals surface area contributed by atoms with Crippen molar-refractivity contribution in [2.24, 2.45) is 27.2 Å². The van der Waals surface area contributed by atoms with Crippen LogP contribution in [0.2, 0.25) is 0 Å². The number of aromatic nitrogens is 1. The third kappa shape index (κ3) is 5.01. The first kappa shape index (κ1) is 23.9. The van der Waals surface area contributed by atoms with E-state index in [0.29, 0.717) is 39.2 Å². The number of amides is 1. The number of hydrogen-bond acceptors (Lipinski definition) is 8. The third-order valence-corrected chi connectivity index (χ3v) is 6.16. The molecule has 4 rings (SSSR count). The van der Waals surface area contributed by atoms with Gasteiger partial charge in [-0.2, -0.15) is 0 Å². The first-order chi connectivity index (χ1) is 16.8. The quantitative estimate of drug-likeness (QED) is 0.390. The lowest BCUT2D eigenvalue weighted by atomic mass is 9.89. The number of aliphatic imine (C=N–C) groups is 2. The lowest BCUT2D eigenvalue weighted by molar-refractivity contribution is -0.114. The maximum atomic E-state index is 14.1. The molecule has 0 saturated heterocycles. The molecule has 1 aliphatic heterocycles. The molecular weight excluding hydrogens is 449 g/mol. The molecule has 1 aromatic heterocycles. The number of fused-ring (bicyclic) bond motifs is 3. The van der Waals surface area contributed by atoms with Crippen LogP contribution in [-0.4, -0.2) is 35.9 Å². The number of nitrogens with two attached hydrogens (primary N) is 4. The summed E-state index contributed by atoms with van der Waals surface area (Å²) >= 11 is 0. The normalized spacial score (nSPS) is 21.5. The number of hydrogen-bond donors (Lipinski definition) is 4. The Labute approximate surface area is 202 Å². The predicted octanol–water partition coefficient (Wildman–Crippen LogP) is 2.20. The molecule has 1 aromatic carbocycles. The Balaban J connectivity index is 2.03. The molecular formula is C25H28FN7O2. The fraction of sp³-hybridized carbons (Fsp3) is 0.280. The third-order valence-electron chi connectivity index (χ3n) is 6.16. The van der Waals surface area contributed by atoms with Crippen LogP contribution in [0.1, 0.15) is 42.4 Å². The number of halogens is 1. The molecule has 9 nitrogen and oxygen atoms in total. The van der Waals surface area contributed by atoms with E-state index in [1.165, 1.54) is 12.1 Å². The summed E-state index contributed by atoms with van der Waals surface area (Å²) in [5.74, 6) is -0.787. The van der Waals surface area contributed by atoms with E-state index in [9.17, 15) is 9.18 Å². The van der Waals surface area contributed by atoms with Crippen LogP contribution >= 0.6 is 0 Å². The van der Waals surface area contributed by atoms with Crippen molar-refractivity contribution in [1.29, 1.82) is 0 Å². The van der Waals surface area contributed by atoms with Crippen molar-refractivity contribution in [1.82, 2.24) is 4.98 Å². The summed E-state index contributed by atoms with van der Waals surface area (Å²) in [4.78, 5) is 25.6. The molecule has 1 fully saturated rings. The number of carbonyl (C=O) groups is 1. The molecule has 2 bridgehead atoms. The van der Waals surface area contributed by atoms with Crippen LogP contribution in [-0.2, 0) is 11.4 Å². The largest absolute Gasteiger partial charge is 0.485 e. The Bertz CT molecular complexity index is 1290. The smallest absolute Gasteiger partial charge is 0.264 e. The van der Waals surface area contributed by atoms with Gasteiger partial charge >= 0.3 is 0 Å². The van der Waals surface area contributed by atoms with Gasteiger partial charge < -0.3 is 27.7 Å². The average Bonchev–Trinajstić information content (AvgIpc) is 2.80. The van der Waals surface area contributed by atoms with Gasteiger partial charge in [0.2, 0.25) is 0 Å². The van der Waals surface area contributed by atoms with Crippen LogP contribution in [0.3, 0.4) is 0 Å². The second-order valence-electron chi connectivity index (χ2n) is 8.52. The Morgan fingerprint density at radius 2 is 2.00 bits per heavy atom. The van der Waals surface area contributed by atoms with Gasteiger partial charge in [-0.15, -0.1) is 0 Å². The number of pyridine rings is 1. The van der Waals surface area contributed by atoms with Crippen molar-refractivity contribution in [3.8, 4) is 5.75 Å². The second kappa shape index (κ2) is 9.96. The number of ether oxygens (including phenoxy) is 1. The molecule has 1 amide bonds. The van der Waals surface area contributed by atoms with Crippen LogP contribution in [0.15, 0.2) is 57.3 Å². The highest BCUT2D eigenvalue weighted by molar-refractivity contribution is 6.17. The molecule has 2 aliphatic rings. The van der Waals surface area contributed by atoms with Gasteiger partial charge in [0.25, 0.3) is 5.91 Å². The average molecular weight is 478 g/mol. The highest BCUT2D eigenvalue weighted by Crippen LogP contribution is 2.32. The maximum Gasteiger partial charge on any atom is 0.264 e. The Morgan fingerprint density at radius 3 is 2.66 bits per heavy atom. The maximum absolute atomic E-state index is 14.1. The van der Waals surface area contributed by atoms with Gasteiger partial charge in [0.1, 0.15) is 18.1 Å². The van der Waals surface area contributed by atoms with Gasteiger partial charge in [-0.3, -0.25) is 14.8 Å². The van der Waals surface area contributed by atoms with Crippen LogP contribution in [0, 0.1) is 5.82 Å². The summed E-state index contributed by atoms with van der Waals surface area (Å²) in [6.45, 7) is 0.000890. The molecule has 182 valence electrons. The van der Waals surface area contributed by atoms with E-state index in [4.69, 9.17) is 32.7 Å². The van der Waals surface area contributed by atoms with E-state index in [0.717, 1.165) is 19.3 Å². The van der Waals surface area contributed by atoms with Gasteiger partial charge in [0, 0.05) is 53.8 Å². The predicted molar refractivity (Wildman–Crippen MR) is 134 cm³/mol. The van der Waals surface area contributed by atoms with Crippen LogP contribution in [0.4, 0.5) is 10.2 Å². The zero-order valence-electron chi connectivity index (χ0n) is 19.4. The second-order valence-corrected chi connectivity index (χ2v) is 8.52. The molecule has 10 heteroatoms. The first-order valence-electron chi connectivity index (χ1n) is 11.2. The van der Waals surface area contributed by atoms with E-state index in [1.807, 2.05) is 0 Å². The van der Waals surface area contributed by atoms with Crippen molar-refractivity contribution in [2.45, 2.75) is 38.3 Å². The van der Waals surface area contributed by atoms with E-state index in [-0.39, 0.29) is 36.3 Å². The Hall–Kier alpha value is -4.21. The molecule has 0 unspecified atom stereocenters. The van der Waals surface area contributed by atoms with Gasteiger partial charge in [-0.1, -0.05) is 0 Å². The summed E-state index contributed by atoms with van der Waals surface area (Å²) in [5, 5.41) is 0. The zero-order valence-corrected chi connectivity index (χ0v) is 19.4. The number of anilines is 1. The Morgan fingerprint density at radius 1 is 1.23 bits per heavy atom. The SMILES string of the molecule is CN=C/C1=C(\N)c2ccc(F)cc2COc2cc(cnc2N)C(=NC2CCC2)/C(=C(\N)C(N)=O)C1. The molecule has 1 aliphatic carbocycles. The van der Waals surface area contributed by atoms with Crippen LogP contribution < -0.4 is 27.7 Å². The number of carbonyl (C=O) groups excluding carboxylic acids is 1. The molecule has 0 atom stereocenters. The number of primary amides is 1. The number of nitrogen functional groups attached to an aromatic ring is 1. The summed E-state index contributed by atoms with van der Waals surface area (Å²) in [5.41, 5.74) is 27.7. The zero-order chi connectivity index (χ0) is 25.1. The molecule has 1 saturated carbocycles. The molecule has 35 heavy (non-hydrogen) atoms. The van der Waals surface area contributed by atoms with Crippen LogP contribution in [0.25, 0.3) is 5.70 Å². The minimum Gasteiger partial charge on any atom is -0.485 e. The lowest BCUT2D eigenvalue weighted by Gasteiger charge is -2.25. The molecule has 0 radical (unpaired) electrons. The van der Waals surface area contributed by atoms with Crippen molar-refractivity contribution in [2.75, 3.05) is 12.8 Å². The minimum absolute atomic E-state index is 0.000890. The Kier molecular flexibility index (Phi) is 6.81. The van der Waals surface area contributed by atoms with Gasteiger partial charge in [0.05, 0.1) is 11.8 Å². The molecule has 0 spiro atoms. The van der Waals surface area contributed by atoms with Crippen molar-refractivity contribution in [3.63, 3.8) is 0 Å². The van der Waals surface area contributed by atoms with Gasteiger partial charge in [-0.25, -0.2) is 9.37 Å². The summed E-state index contributed by atoms with van der Waals surface area (Å²) < 4.78 is 20.1. The fourth-order valence-corrected chi connectivity index (χ4v) is 4.01. The van der Waals surface area contributed by atoms with E-state index in [2.05, 4.69) is 9.98 Å². The van der Waals surface area contributed by atoms with E-state index >= 15 is 0 Å². The molecule has 2 heterocycles. The van der Waals surface area contributed by atoms with Gasteiger partial charge in [0.15, 0.2) is 11.6 Å². The molecule has 8 N–H and O–H groups in total. The van der Waals surface area contributed by atoms with E-state index < -0.39 is 11.7 Å². The van der Waals surface area contributed by atoms with Crippen molar-refractivity contribution in [3.05, 3.63) is 69.8 Å². The number of benzene rings is 1. The topological polar surface area (TPSA) is 168 Å². The van der Waals surface area contributed by atoms with Crippen molar-refractivity contribution < 1.29 is 13.9 Å². The first-order valence-corrected chi connectivity index (χ1v) is 11.2. The monoisotopic (exact) mass is 477 g/mol. The molecule has 2 aromatic rings. The highest BCUT2D eigenvalue weighted by atomic mass is 19.1. The van der Waals surface area contributed by atoms with Gasteiger partial charge in [-0.05, 0) is 49.1 Å². The fourth-order valence-electron chi connectivity index (χ4n) is 4.01. The van der Waals surface area contributed by atoms with Crippen molar-refractivity contribution >= 4 is 29.3 Å². The number of allylic oxidation sites excluding steroid dienone is 2. The van der Waals surface area contributed by atoms with Crippen LogP contribution in [0.5, 0.6) is 5.75 Å². The van der Waals surface area contributed by atoms with E-state index in [1.54, 1.807) is 31.6 Å². The number of rotatable bonds is 3. The standard InChI is InChI=1S/C25H28FN7O2/c1-31-10-13-8-19(22(28)25(30)34)23(33-17-3-2-4-17)14-9-20(24(29)32-11-14)35-12-15-7-16(26)5-6-18(15)21(13)27/h5-7,9-11,17H,2-4,8,12,27-28H2,1H3,(H2,29,32)(H2,30,34)/b21-13-,22-19-,31-10?,33-23?. The summed E-state index contributed by atoms with van der Waals surface area (Å²) in [7, 11) is 1.60.